The topological polar surface area (TPSA) is 38.0 Å². The third-order valence-electron chi connectivity index (χ3n) is 4.00. The quantitative estimate of drug-likeness (QED) is 0.638. The van der Waals surface area contributed by atoms with Crippen LogP contribution in [0.5, 0.6) is 0 Å². The Labute approximate surface area is 109 Å². The van der Waals surface area contributed by atoms with Crippen LogP contribution in [0.1, 0.15) is 38.0 Å². The second-order valence-electron chi connectivity index (χ2n) is 5.73. The van der Waals surface area contributed by atoms with Crippen molar-refractivity contribution in [3.05, 3.63) is 22.4 Å². The molecule has 3 atom stereocenters. The van der Waals surface area contributed by atoms with Gasteiger partial charge in [0.15, 0.2) is 0 Å². The van der Waals surface area contributed by atoms with Gasteiger partial charge in [-0.15, -0.1) is 11.3 Å². The molecule has 1 fully saturated rings. The molecule has 96 valence electrons. The first-order valence-corrected chi connectivity index (χ1v) is 7.55. The Bertz CT molecular complexity index is 313. The Kier molecular flexibility index (Phi) is 4.60. The Morgan fingerprint density at radius 3 is 2.59 bits per heavy atom. The van der Waals surface area contributed by atoms with Crippen molar-refractivity contribution in [2.45, 2.75) is 45.6 Å². The van der Waals surface area contributed by atoms with Crippen molar-refractivity contribution in [2.75, 3.05) is 0 Å². The van der Waals surface area contributed by atoms with Crippen LogP contribution >= 0.6 is 11.3 Å². The second kappa shape index (κ2) is 5.98. The van der Waals surface area contributed by atoms with E-state index in [1.165, 1.54) is 24.1 Å². The number of rotatable bonds is 4. The number of nitrogens with two attached hydrogens (primary N) is 1. The molecule has 1 heterocycles. The van der Waals surface area contributed by atoms with Crippen LogP contribution in [0.25, 0.3) is 0 Å². The molecule has 0 saturated heterocycles. The summed E-state index contributed by atoms with van der Waals surface area (Å²) in [5, 5.41) is 2.15. The van der Waals surface area contributed by atoms with Gasteiger partial charge in [0.1, 0.15) is 0 Å². The lowest BCUT2D eigenvalue weighted by molar-refractivity contribution is 0.176. The van der Waals surface area contributed by atoms with Gasteiger partial charge in [-0.05, 0) is 54.9 Å². The van der Waals surface area contributed by atoms with Crippen LogP contribution < -0.4 is 11.3 Å². The summed E-state index contributed by atoms with van der Waals surface area (Å²) in [6.07, 6.45) is 5.11. The average Bonchev–Trinajstić information content (AvgIpc) is 2.77. The highest BCUT2D eigenvalue weighted by Gasteiger charge is 2.29. The third-order valence-corrected chi connectivity index (χ3v) is 4.90. The van der Waals surface area contributed by atoms with E-state index in [1.807, 2.05) is 11.3 Å². The van der Waals surface area contributed by atoms with Gasteiger partial charge < -0.3 is 0 Å². The largest absolute Gasteiger partial charge is 0.271 e. The zero-order valence-corrected chi connectivity index (χ0v) is 11.7. The molecular formula is C14H24N2S. The maximum absolute atomic E-state index is 5.77. The summed E-state index contributed by atoms with van der Waals surface area (Å²) in [6, 6.07) is 4.78. The minimum Gasteiger partial charge on any atom is -0.271 e. The van der Waals surface area contributed by atoms with Crippen LogP contribution in [-0.4, -0.2) is 6.04 Å². The first-order valence-electron chi connectivity index (χ1n) is 6.67. The van der Waals surface area contributed by atoms with Gasteiger partial charge in [-0.3, -0.25) is 11.3 Å². The van der Waals surface area contributed by atoms with Gasteiger partial charge in [-0.2, -0.15) is 0 Å². The summed E-state index contributed by atoms with van der Waals surface area (Å²) >= 11 is 1.84. The maximum Gasteiger partial charge on any atom is 0.0287 e. The van der Waals surface area contributed by atoms with Crippen molar-refractivity contribution in [3.63, 3.8) is 0 Å². The fourth-order valence-electron chi connectivity index (χ4n) is 3.34. The zero-order valence-electron chi connectivity index (χ0n) is 10.9. The van der Waals surface area contributed by atoms with E-state index in [9.17, 15) is 0 Å². The molecule has 3 unspecified atom stereocenters. The Morgan fingerprint density at radius 2 is 2.06 bits per heavy atom. The van der Waals surface area contributed by atoms with Gasteiger partial charge in [0.25, 0.3) is 0 Å². The van der Waals surface area contributed by atoms with E-state index in [0.717, 1.165) is 24.2 Å². The lowest BCUT2D eigenvalue weighted by Gasteiger charge is -2.36. The van der Waals surface area contributed by atoms with Crippen LogP contribution in [0, 0.1) is 17.8 Å². The summed E-state index contributed by atoms with van der Waals surface area (Å²) in [5.41, 5.74) is 3.06. The van der Waals surface area contributed by atoms with Crippen LogP contribution in [-0.2, 0) is 6.42 Å². The summed E-state index contributed by atoms with van der Waals surface area (Å²) in [5.74, 6) is 8.20. The highest BCUT2D eigenvalue weighted by molar-refractivity contribution is 7.09. The van der Waals surface area contributed by atoms with Crippen LogP contribution in [0.15, 0.2) is 17.5 Å². The third kappa shape index (κ3) is 3.54. The molecule has 1 aliphatic rings. The van der Waals surface area contributed by atoms with E-state index in [2.05, 4.69) is 36.8 Å². The Hall–Kier alpha value is -0.380. The van der Waals surface area contributed by atoms with E-state index in [1.54, 1.807) is 0 Å². The lowest BCUT2D eigenvalue weighted by atomic mass is 9.73. The molecule has 0 bridgehead atoms. The Balaban J connectivity index is 1.97. The van der Waals surface area contributed by atoms with E-state index in [4.69, 9.17) is 5.84 Å². The first-order chi connectivity index (χ1) is 8.19. The molecule has 1 aromatic rings. The molecule has 1 aromatic heterocycles. The number of hydrazine groups is 1. The van der Waals surface area contributed by atoms with Gasteiger partial charge in [-0.25, -0.2) is 0 Å². The number of nitrogens with one attached hydrogen (secondary N) is 1. The molecule has 2 nitrogen and oxygen atoms in total. The van der Waals surface area contributed by atoms with Crippen LogP contribution in [0.2, 0.25) is 0 Å². The smallest absolute Gasteiger partial charge is 0.0287 e. The highest BCUT2D eigenvalue weighted by atomic mass is 32.1. The molecule has 0 radical (unpaired) electrons. The zero-order chi connectivity index (χ0) is 12.3. The van der Waals surface area contributed by atoms with Crippen molar-refractivity contribution < 1.29 is 0 Å². The maximum atomic E-state index is 5.77. The molecule has 1 aliphatic carbocycles. The number of hydrogen-bond acceptors (Lipinski definition) is 3. The predicted molar refractivity (Wildman–Crippen MR) is 74.8 cm³/mol. The van der Waals surface area contributed by atoms with Gasteiger partial charge in [0.05, 0.1) is 0 Å². The van der Waals surface area contributed by atoms with Gasteiger partial charge in [0.2, 0.25) is 0 Å². The van der Waals surface area contributed by atoms with Crippen molar-refractivity contribution in [3.8, 4) is 0 Å². The summed E-state index contributed by atoms with van der Waals surface area (Å²) in [7, 11) is 0. The van der Waals surface area contributed by atoms with Crippen molar-refractivity contribution in [2.24, 2.45) is 23.6 Å². The first kappa shape index (κ1) is 13.1. The monoisotopic (exact) mass is 252 g/mol. The van der Waals surface area contributed by atoms with Crippen LogP contribution in [0.3, 0.4) is 0 Å². The van der Waals surface area contributed by atoms with Gasteiger partial charge in [0, 0.05) is 10.9 Å². The van der Waals surface area contributed by atoms with Crippen molar-refractivity contribution in [1.82, 2.24) is 5.43 Å². The normalized spacial score (nSPS) is 31.4. The molecule has 0 amide bonds. The molecule has 0 aliphatic heterocycles. The lowest BCUT2D eigenvalue weighted by Crippen LogP contribution is -2.44. The molecule has 0 spiro atoms. The fourth-order valence-corrected chi connectivity index (χ4v) is 4.11. The summed E-state index contributed by atoms with van der Waals surface area (Å²) < 4.78 is 0. The molecule has 2 rings (SSSR count). The Morgan fingerprint density at radius 1 is 1.35 bits per heavy atom. The van der Waals surface area contributed by atoms with E-state index >= 15 is 0 Å². The SMILES string of the molecule is CC1CC(C)CC(C(Cc2cccs2)NN)C1. The van der Waals surface area contributed by atoms with Gasteiger partial charge >= 0.3 is 0 Å². The van der Waals surface area contributed by atoms with E-state index < -0.39 is 0 Å². The molecule has 1 saturated carbocycles. The summed E-state index contributed by atoms with van der Waals surface area (Å²) in [6.45, 7) is 4.75. The number of thiophene rings is 1. The van der Waals surface area contributed by atoms with Crippen LogP contribution in [0.4, 0.5) is 0 Å². The molecule has 3 heteroatoms. The predicted octanol–water partition coefficient (Wildman–Crippen LogP) is 3.19. The standard InChI is InChI=1S/C14H24N2S/c1-10-6-11(2)8-12(7-10)14(16-15)9-13-4-3-5-17-13/h3-5,10-12,14,16H,6-9,15H2,1-2H3. The van der Waals surface area contributed by atoms with Gasteiger partial charge in [-0.1, -0.05) is 19.9 Å². The summed E-state index contributed by atoms with van der Waals surface area (Å²) in [4.78, 5) is 1.44. The second-order valence-corrected chi connectivity index (χ2v) is 6.77. The molecule has 17 heavy (non-hydrogen) atoms. The minimum absolute atomic E-state index is 0.443. The molecule has 0 aromatic carbocycles. The van der Waals surface area contributed by atoms with E-state index in [-0.39, 0.29) is 0 Å². The highest BCUT2D eigenvalue weighted by Crippen LogP contribution is 2.35. The van der Waals surface area contributed by atoms with Crippen molar-refractivity contribution in [1.29, 1.82) is 0 Å². The molecular weight excluding hydrogens is 228 g/mol. The van der Waals surface area contributed by atoms with Crippen molar-refractivity contribution >= 4 is 11.3 Å². The minimum atomic E-state index is 0.443. The average molecular weight is 252 g/mol. The van der Waals surface area contributed by atoms with E-state index in [0.29, 0.717) is 6.04 Å². The molecule has 3 N–H and O–H groups in total. The fraction of sp³-hybridized carbons (Fsp3) is 0.714. The number of hydrogen-bond donors (Lipinski definition) is 2.